The molecule has 0 rings (SSSR count). The van der Waals surface area contributed by atoms with Crippen molar-refractivity contribution >= 4 is 24.3 Å². The van der Waals surface area contributed by atoms with Gasteiger partial charge in [-0.05, 0) is 27.2 Å². The Morgan fingerprint density at radius 2 is 1.18 bits per heavy atom. The monoisotopic (exact) mass is 508 g/mol. The zero-order valence-electron chi connectivity index (χ0n) is 22.2. The maximum absolute atomic E-state index is 11.9. The molecule has 0 aliphatic carbocycles. The van der Waals surface area contributed by atoms with Gasteiger partial charge >= 0.3 is 5.97 Å². The van der Waals surface area contributed by atoms with Crippen molar-refractivity contribution in [1.29, 1.82) is 0 Å². The molecule has 0 aromatic heterocycles. The van der Waals surface area contributed by atoms with E-state index in [-0.39, 0.29) is 24.9 Å². The standard InChI is InChI=1S/C26H52N2O5.ClH/c1-5-6-7-8-9-10-11-12-13-14-15-16-17-18-19-20-25(31)27-21-26(32)33-28(24(4)30)22(2)23(3)29;/h22-24,29-30H,5-21H2,1-4H3,(H,27,31);1H. The topological polar surface area (TPSA) is 99.1 Å². The molecule has 0 saturated carbocycles. The highest BCUT2D eigenvalue weighted by Gasteiger charge is 2.26. The molecule has 0 aromatic carbocycles. The lowest BCUT2D eigenvalue weighted by Gasteiger charge is -2.31. The van der Waals surface area contributed by atoms with Crippen LogP contribution in [0.5, 0.6) is 0 Å². The Morgan fingerprint density at radius 3 is 1.56 bits per heavy atom. The average molecular weight is 509 g/mol. The zero-order valence-corrected chi connectivity index (χ0v) is 23.0. The summed E-state index contributed by atoms with van der Waals surface area (Å²) in [5, 5.41) is 22.9. The van der Waals surface area contributed by atoms with E-state index in [0.29, 0.717) is 6.42 Å². The van der Waals surface area contributed by atoms with Crippen LogP contribution in [0.2, 0.25) is 0 Å². The second-order valence-electron chi connectivity index (χ2n) is 9.41. The van der Waals surface area contributed by atoms with Crippen LogP contribution >= 0.6 is 12.4 Å². The third-order valence-electron chi connectivity index (χ3n) is 6.11. The molecule has 3 N–H and O–H groups in total. The first-order valence-electron chi connectivity index (χ1n) is 13.4. The fourth-order valence-electron chi connectivity index (χ4n) is 3.78. The Bertz CT molecular complexity index is 492. The second-order valence-corrected chi connectivity index (χ2v) is 9.41. The number of hydroxylamine groups is 2. The van der Waals surface area contributed by atoms with Crippen molar-refractivity contribution < 1.29 is 24.6 Å². The maximum Gasteiger partial charge on any atom is 0.344 e. The van der Waals surface area contributed by atoms with Gasteiger partial charge in [0.2, 0.25) is 5.91 Å². The van der Waals surface area contributed by atoms with Gasteiger partial charge in [-0.1, -0.05) is 96.8 Å². The number of hydrogen-bond donors (Lipinski definition) is 3. The van der Waals surface area contributed by atoms with Gasteiger partial charge < -0.3 is 20.4 Å². The quantitative estimate of drug-likeness (QED) is 0.0991. The highest BCUT2D eigenvalue weighted by atomic mass is 35.5. The van der Waals surface area contributed by atoms with Gasteiger partial charge in [-0.25, -0.2) is 4.79 Å². The number of rotatable bonds is 22. The molecule has 3 atom stereocenters. The van der Waals surface area contributed by atoms with E-state index in [1.54, 1.807) is 13.8 Å². The zero-order chi connectivity index (χ0) is 24.9. The summed E-state index contributed by atoms with van der Waals surface area (Å²) in [5.74, 6) is -0.845. The van der Waals surface area contributed by atoms with Crippen LogP contribution < -0.4 is 5.32 Å². The molecule has 0 aromatic rings. The molecule has 0 heterocycles. The van der Waals surface area contributed by atoms with Crippen molar-refractivity contribution in [2.24, 2.45) is 0 Å². The smallest absolute Gasteiger partial charge is 0.344 e. The Morgan fingerprint density at radius 1 is 0.765 bits per heavy atom. The molecule has 0 spiro atoms. The Labute approximate surface area is 214 Å². The molecule has 0 fully saturated rings. The molecule has 7 nitrogen and oxygen atoms in total. The number of halogens is 1. The highest BCUT2D eigenvalue weighted by molar-refractivity contribution is 5.85. The minimum absolute atomic E-state index is 0. The predicted molar refractivity (Wildman–Crippen MR) is 141 cm³/mol. The number of aliphatic hydroxyl groups is 2. The molecule has 0 aliphatic rings. The summed E-state index contributed by atoms with van der Waals surface area (Å²) in [6, 6.07) is -0.565. The van der Waals surface area contributed by atoms with E-state index >= 15 is 0 Å². The second kappa shape index (κ2) is 23.8. The van der Waals surface area contributed by atoms with Crippen LogP contribution in [-0.4, -0.2) is 52.1 Å². The molecular weight excluding hydrogens is 456 g/mol. The number of nitrogens with one attached hydrogen (secondary N) is 1. The fourth-order valence-corrected chi connectivity index (χ4v) is 3.78. The molecule has 8 heteroatoms. The van der Waals surface area contributed by atoms with E-state index in [4.69, 9.17) is 4.84 Å². The number of nitrogens with zero attached hydrogens (tertiary/aromatic N) is 1. The van der Waals surface area contributed by atoms with Crippen LogP contribution in [0.25, 0.3) is 0 Å². The maximum atomic E-state index is 11.9. The molecule has 34 heavy (non-hydrogen) atoms. The number of amides is 1. The first-order valence-corrected chi connectivity index (χ1v) is 13.4. The Hall–Kier alpha value is -0.890. The summed E-state index contributed by atoms with van der Waals surface area (Å²) < 4.78 is 0. The lowest BCUT2D eigenvalue weighted by molar-refractivity contribution is -0.252. The third kappa shape index (κ3) is 20.5. The fraction of sp³-hybridized carbons (Fsp3) is 0.923. The highest BCUT2D eigenvalue weighted by Crippen LogP contribution is 2.14. The molecule has 0 radical (unpaired) electrons. The van der Waals surface area contributed by atoms with E-state index in [9.17, 15) is 19.8 Å². The Kier molecular flexibility index (Phi) is 24.7. The van der Waals surface area contributed by atoms with E-state index in [2.05, 4.69) is 12.2 Å². The Balaban J connectivity index is 0. The van der Waals surface area contributed by atoms with Crippen LogP contribution in [0.4, 0.5) is 0 Å². The molecule has 1 amide bonds. The van der Waals surface area contributed by atoms with Gasteiger partial charge in [0.05, 0.1) is 12.1 Å². The summed E-state index contributed by atoms with van der Waals surface area (Å²) in [6.45, 7) is 6.64. The van der Waals surface area contributed by atoms with Crippen LogP contribution in [0.1, 0.15) is 130 Å². The lowest BCUT2D eigenvalue weighted by Crippen LogP contribution is -2.48. The first-order chi connectivity index (χ1) is 15.8. The van der Waals surface area contributed by atoms with Gasteiger partial charge in [-0.2, -0.15) is 0 Å². The van der Waals surface area contributed by atoms with Crippen molar-refractivity contribution in [3.63, 3.8) is 0 Å². The number of carbonyl (C=O) groups is 2. The van der Waals surface area contributed by atoms with Gasteiger partial charge in [0.1, 0.15) is 12.8 Å². The summed E-state index contributed by atoms with van der Waals surface area (Å²) in [6.07, 6.45) is 17.7. The first kappa shape index (κ1) is 35.3. The molecular formula is C26H53ClN2O5. The third-order valence-corrected chi connectivity index (χ3v) is 6.11. The predicted octanol–water partition coefficient (Wildman–Crippen LogP) is 5.65. The van der Waals surface area contributed by atoms with Gasteiger partial charge in [0.15, 0.2) is 0 Å². The van der Waals surface area contributed by atoms with Crippen molar-refractivity contribution in [2.45, 2.75) is 149 Å². The molecule has 0 bridgehead atoms. The van der Waals surface area contributed by atoms with Gasteiger partial charge in [0, 0.05) is 6.42 Å². The molecule has 0 aliphatic heterocycles. The number of carbonyl (C=O) groups excluding carboxylic acids is 2. The number of aliphatic hydroxyl groups excluding tert-OH is 2. The van der Waals surface area contributed by atoms with Gasteiger partial charge in [0.25, 0.3) is 0 Å². The lowest BCUT2D eigenvalue weighted by atomic mass is 10.0. The molecule has 204 valence electrons. The van der Waals surface area contributed by atoms with Crippen molar-refractivity contribution in [1.82, 2.24) is 10.4 Å². The molecule has 0 saturated heterocycles. The van der Waals surface area contributed by atoms with Crippen LogP contribution in [0.15, 0.2) is 0 Å². The minimum Gasteiger partial charge on any atom is -0.392 e. The van der Waals surface area contributed by atoms with Crippen LogP contribution in [0, 0.1) is 0 Å². The number of unbranched alkanes of at least 4 members (excludes halogenated alkanes) is 14. The SMILES string of the molecule is CCCCCCCCCCCCCCCCCC(=O)NCC(=O)ON(C(C)O)C(C)C(C)O.Cl. The minimum atomic E-state index is -1.06. The van der Waals surface area contributed by atoms with E-state index in [0.717, 1.165) is 24.3 Å². The van der Waals surface area contributed by atoms with Gasteiger partial charge in [-0.15, -0.1) is 17.5 Å². The van der Waals surface area contributed by atoms with Crippen molar-refractivity contribution in [2.75, 3.05) is 6.54 Å². The van der Waals surface area contributed by atoms with E-state index < -0.39 is 24.3 Å². The normalized spacial score (nSPS) is 13.7. The summed E-state index contributed by atoms with van der Waals surface area (Å²) in [7, 11) is 0. The van der Waals surface area contributed by atoms with Crippen LogP contribution in [0.3, 0.4) is 0 Å². The van der Waals surface area contributed by atoms with Crippen molar-refractivity contribution in [3.05, 3.63) is 0 Å². The van der Waals surface area contributed by atoms with Gasteiger partial charge in [-0.3, -0.25) is 4.79 Å². The van der Waals surface area contributed by atoms with E-state index in [1.165, 1.54) is 84.0 Å². The number of hydrogen-bond acceptors (Lipinski definition) is 6. The molecule has 3 unspecified atom stereocenters. The van der Waals surface area contributed by atoms with Crippen LogP contribution in [-0.2, 0) is 14.4 Å². The van der Waals surface area contributed by atoms with Crippen molar-refractivity contribution in [3.8, 4) is 0 Å². The summed E-state index contributed by atoms with van der Waals surface area (Å²) in [4.78, 5) is 28.9. The summed E-state index contributed by atoms with van der Waals surface area (Å²) in [5.41, 5.74) is 0. The summed E-state index contributed by atoms with van der Waals surface area (Å²) >= 11 is 0. The van der Waals surface area contributed by atoms with E-state index in [1.807, 2.05) is 0 Å². The average Bonchev–Trinajstić information content (AvgIpc) is 2.77. The largest absolute Gasteiger partial charge is 0.392 e.